The number of hydrogen-bond donors (Lipinski definition) is 0. The monoisotopic (exact) mass is 315 g/mol. The summed E-state index contributed by atoms with van der Waals surface area (Å²) in [4.78, 5) is 10.1. The van der Waals surface area contributed by atoms with Crippen molar-refractivity contribution in [2.24, 2.45) is 0 Å². The molecule has 0 atom stereocenters. The van der Waals surface area contributed by atoms with Crippen LogP contribution in [0.25, 0.3) is 0 Å². The van der Waals surface area contributed by atoms with Crippen LogP contribution in [0.5, 0.6) is 0 Å². The first-order valence-corrected chi connectivity index (χ1v) is 6.72. The number of alkyl halides is 1. The number of nitrogens with zero attached hydrogens (tertiary/aromatic N) is 1. The Morgan fingerprint density at radius 2 is 1.42 bits per heavy atom. The average molecular weight is 316 g/mol. The van der Waals surface area contributed by atoms with Gasteiger partial charge in [0.15, 0.2) is 0 Å². The van der Waals surface area contributed by atoms with Gasteiger partial charge < -0.3 is 0 Å². The standard InChI is InChI=1S/C15H10BrNO2/c16-11-14-5-3-12(4-6-14)1-2-13-7-9-15(10-8-13)17(18)19/h3-10H,11H2. The molecule has 0 aliphatic heterocycles. The number of hydrogen-bond acceptors (Lipinski definition) is 2. The SMILES string of the molecule is O=[N+]([O-])c1ccc(C#Cc2ccc(CBr)cc2)cc1. The molecule has 94 valence electrons. The van der Waals surface area contributed by atoms with Crippen LogP contribution in [0, 0.1) is 22.0 Å². The number of nitro groups is 1. The van der Waals surface area contributed by atoms with Gasteiger partial charge in [0.05, 0.1) is 4.92 Å². The van der Waals surface area contributed by atoms with E-state index in [4.69, 9.17) is 0 Å². The molecule has 0 heterocycles. The summed E-state index contributed by atoms with van der Waals surface area (Å²) in [7, 11) is 0. The van der Waals surface area contributed by atoms with Crippen LogP contribution in [0.3, 0.4) is 0 Å². The summed E-state index contributed by atoms with van der Waals surface area (Å²) in [5.74, 6) is 6.01. The lowest BCUT2D eigenvalue weighted by Crippen LogP contribution is -1.87. The predicted molar refractivity (Wildman–Crippen MR) is 78.1 cm³/mol. The summed E-state index contributed by atoms with van der Waals surface area (Å²) in [5.41, 5.74) is 2.95. The summed E-state index contributed by atoms with van der Waals surface area (Å²) < 4.78 is 0. The zero-order valence-corrected chi connectivity index (χ0v) is 11.6. The predicted octanol–water partition coefficient (Wildman–Crippen LogP) is 3.89. The summed E-state index contributed by atoms with van der Waals surface area (Å²) in [5, 5.41) is 11.3. The van der Waals surface area contributed by atoms with E-state index < -0.39 is 4.92 Å². The molecule has 3 nitrogen and oxygen atoms in total. The van der Waals surface area contributed by atoms with Crippen molar-refractivity contribution in [3.8, 4) is 11.8 Å². The summed E-state index contributed by atoms with van der Waals surface area (Å²) >= 11 is 3.39. The van der Waals surface area contributed by atoms with Crippen LogP contribution < -0.4 is 0 Å². The second-order valence-corrected chi connectivity index (χ2v) is 4.45. The third-order valence-corrected chi connectivity index (χ3v) is 3.19. The van der Waals surface area contributed by atoms with E-state index in [1.165, 1.54) is 17.7 Å². The fraction of sp³-hybridized carbons (Fsp3) is 0.0667. The minimum atomic E-state index is -0.420. The van der Waals surface area contributed by atoms with Crippen molar-refractivity contribution in [1.82, 2.24) is 0 Å². The van der Waals surface area contributed by atoms with E-state index in [0.29, 0.717) is 0 Å². The van der Waals surface area contributed by atoms with Crippen LogP contribution >= 0.6 is 15.9 Å². The molecule has 0 aliphatic rings. The Hall–Kier alpha value is -2.12. The van der Waals surface area contributed by atoms with Gasteiger partial charge in [-0.3, -0.25) is 10.1 Å². The van der Waals surface area contributed by atoms with Gasteiger partial charge in [0.25, 0.3) is 5.69 Å². The molecule has 2 aromatic carbocycles. The highest BCUT2D eigenvalue weighted by molar-refractivity contribution is 9.08. The Balaban J connectivity index is 2.16. The normalized spacial score (nSPS) is 9.53. The molecule has 0 saturated heterocycles. The smallest absolute Gasteiger partial charge is 0.258 e. The fourth-order valence-electron chi connectivity index (χ4n) is 1.49. The minimum absolute atomic E-state index is 0.0761. The molecule has 0 amide bonds. The van der Waals surface area contributed by atoms with Gasteiger partial charge in [-0.25, -0.2) is 0 Å². The second-order valence-electron chi connectivity index (χ2n) is 3.88. The third-order valence-electron chi connectivity index (χ3n) is 2.54. The molecule has 0 aliphatic carbocycles. The van der Waals surface area contributed by atoms with E-state index >= 15 is 0 Å². The van der Waals surface area contributed by atoms with E-state index in [1.807, 2.05) is 24.3 Å². The Bertz CT molecular complexity index is 637. The Kier molecular flexibility index (Phi) is 4.32. The van der Waals surface area contributed by atoms with Gasteiger partial charge in [0.2, 0.25) is 0 Å². The molecule has 19 heavy (non-hydrogen) atoms. The largest absolute Gasteiger partial charge is 0.269 e. The molecule has 4 heteroatoms. The molecular formula is C15H10BrNO2. The lowest BCUT2D eigenvalue weighted by Gasteiger charge is -1.94. The average Bonchev–Trinajstić information content (AvgIpc) is 2.46. The van der Waals surface area contributed by atoms with Crippen LogP contribution in [0.4, 0.5) is 5.69 Å². The van der Waals surface area contributed by atoms with Gasteiger partial charge in [0.1, 0.15) is 0 Å². The Morgan fingerprint density at radius 1 is 0.947 bits per heavy atom. The first-order chi connectivity index (χ1) is 9.19. The number of rotatable bonds is 2. The lowest BCUT2D eigenvalue weighted by molar-refractivity contribution is -0.384. The molecule has 2 rings (SSSR count). The van der Waals surface area contributed by atoms with Gasteiger partial charge in [-0.2, -0.15) is 0 Å². The number of benzene rings is 2. The molecule has 2 aromatic rings. The van der Waals surface area contributed by atoms with Crippen molar-refractivity contribution in [2.75, 3.05) is 0 Å². The van der Waals surface area contributed by atoms with E-state index in [2.05, 4.69) is 27.8 Å². The van der Waals surface area contributed by atoms with Crippen LogP contribution in [0.2, 0.25) is 0 Å². The molecule has 0 fully saturated rings. The first kappa shape index (κ1) is 13.3. The number of nitro benzene ring substituents is 1. The Morgan fingerprint density at radius 3 is 1.84 bits per heavy atom. The van der Waals surface area contributed by atoms with E-state index in [1.54, 1.807) is 12.1 Å². The van der Waals surface area contributed by atoms with Crippen LogP contribution in [0.1, 0.15) is 16.7 Å². The van der Waals surface area contributed by atoms with Gasteiger partial charge >= 0.3 is 0 Å². The molecular weight excluding hydrogens is 306 g/mol. The number of non-ortho nitro benzene ring substituents is 1. The molecule has 0 spiro atoms. The molecule has 0 bridgehead atoms. The van der Waals surface area contributed by atoms with Gasteiger partial charge in [-0.05, 0) is 29.8 Å². The van der Waals surface area contributed by atoms with E-state index in [-0.39, 0.29) is 5.69 Å². The maximum absolute atomic E-state index is 10.5. The quantitative estimate of drug-likeness (QED) is 0.365. The Labute approximate surface area is 119 Å². The van der Waals surface area contributed by atoms with E-state index in [0.717, 1.165) is 16.5 Å². The van der Waals surface area contributed by atoms with Crippen LogP contribution in [0.15, 0.2) is 48.5 Å². The van der Waals surface area contributed by atoms with Gasteiger partial charge in [0, 0.05) is 28.6 Å². The van der Waals surface area contributed by atoms with Crippen molar-refractivity contribution in [3.63, 3.8) is 0 Å². The highest BCUT2D eigenvalue weighted by Gasteiger charge is 2.02. The summed E-state index contributed by atoms with van der Waals surface area (Å²) in [6.45, 7) is 0. The van der Waals surface area contributed by atoms with Crippen molar-refractivity contribution in [2.45, 2.75) is 5.33 Å². The number of halogens is 1. The summed E-state index contributed by atoms with van der Waals surface area (Å²) in [6.07, 6.45) is 0. The minimum Gasteiger partial charge on any atom is -0.258 e. The van der Waals surface area contributed by atoms with Crippen molar-refractivity contribution in [1.29, 1.82) is 0 Å². The van der Waals surface area contributed by atoms with Crippen LogP contribution in [-0.4, -0.2) is 4.92 Å². The van der Waals surface area contributed by atoms with Crippen LogP contribution in [-0.2, 0) is 5.33 Å². The maximum Gasteiger partial charge on any atom is 0.269 e. The highest BCUT2D eigenvalue weighted by atomic mass is 79.9. The lowest BCUT2D eigenvalue weighted by atomic mass is 10.1. The maximum atomic E-state index is 10.5. The topological polar surface area (TPSA) is 43.1 Å². The first-order valence-electron chi connectivity index (χ1n) is 5.60. The van der Waals surface area contributed by atoms with Gasteiger partial charge in [-0.15, -0.1) is 0 Å². The summed E-state index contributed by atoms with van der Waals surface area (Å²) in [6, 6.07) is 14.1. The highest BCUT2D eigenvalue weighted by Crippen LogP contribution is 2.11. The van der Waals surface area contributed by atoms with Gasteiger partial charge in [-0.1, -0.05) is 39.9 Å². The molecule has 0 aromatic heterocycles. The molecule has 0 unspecified atom stereocenters. The van der Waals surface area contributed by atoms with Crippen molar-refractivity contribution in [3.05, 3.63) is 75.3 Å². The van der Waals surface area contributed by atoms with E-state index in [9.17, 15) is 10.1 Å². The zero-order chi connectivity index (χ0) is 13.7. The zero-order valence-electron chi connectivity index (χ0n) is 9.97. The second kappa shape index (κ2) is 6.17. The molecule has 0 N–H and O–H groups in total. The van der Waals surface area contributed by atoms with Crippen molar-refractivity contribution >= 4 is 21.6 Å². The molecule has 0 saturated carbocycles. The third kappa shape index (κ3) is 3.67. The fourth-order valence-corrected chi connectivity index (χ4v) is 1.86. The molecule has 0 radical (unpaired) electrons. The van der Waals surface area contributed by atoms with Crippen molar-refractivity contribution < 1.29 is 4.92 Å².